The summed E-state index contributed by atoms with van der Waals surface area (Å²) in [6, 6.07) is 11.7. The molecule has 7 nitrogen and oxygen atoms in total. The Morgan fingerprint density at radius 2 is 1.88 bits per heavy atom. The number of allylic oxidation sites excluding steroid dienone is 1. The minimum atomic E-state index is -1.66. The maximum Gasteiger partial charge on any atom is 0.249 e. The van der Waals surface area contributed by atoms with Gasteiger partial charge in [0.1, 0.15) is 5.75 Å². The number of nitrogens with zero attached hydrogens (tertiary/aromatic N) is 2. The average Bonchev–Trinajstić information content (AvgIpc) is 3.85. The number of carbonyl (C=O) groups is 1. The smallest absolute Gasteiger partial charge is 0.249 e. The van der Waals surface area contributed by atoms with E-state index in [1.54, 1.807) is 0 Å². The van der Waals surface area contributed by atoms with E-state index in [2.05, 4.69) is 52.7 Å². The summed E-state index contributed by atoms with van der Waals surface area (Å²) in [4.78, 5) is 18.5. The second-order valence-corrected chi connectivity index (χ2v) is 13.6. The molecule has 0 saturated heterocycles. The Labute approximate surface area is 265 Å². The Bertz CT molecular complexity index is 1280. The third kappa shape index (κ3) is 8.62. The van der Waals surface area contributed by atoms with Crippen molar-refractivity contribution in [3.63, 3.8) is 0 Å². The van der Waals surface area contributed by atoms with Gasteiger partial charge in [0.05, 0.1) is 23.2 Å². The van der Waals surface area contributed by atoms with E-state index in [1.165, 1.54) is 11.1 Å². The lowest BCUT2D eigenvalue weighted by Gasteiger charge is -2.29. The number of rotatable bonds is 5. The first-order chi connectivity index (χ1) is 20.9. The zero-order valence-electron chi connectivity index (χ0n) is 26.1. The molecule has 43 heavy (non-hydrogen) atoms. The van der Waals surface area contributed by atoms with Gasteiger partial charge in [0.15, 0.2) is 11.0 Å². The van der Waals surface area contributed by atoms with Crippen molar-refractivity contribution >= 4 is 34.2 Å². The lowest BCUT2D eigenvalue weighted by molar-refractivity contribution is -0.124. The summed E-state index contributed by atoms with van der Waals surface area (Å²) >= 11 is 6.39. The molecule has 0 radical (unpaired) electrons. The van der Waals surface area contributed by atoms with E-state index in [0.717, 1.165) is 81.6 Å². The Hall–Kier alpha value is -2.39. The van der Waals surface area contributed by atoms with E-state index in [1.807, 2.05) is 31.3 Å². The van der Waals surface area contributed by atoms with E-state index in [0.29, 0.717) is 29.9 Å². The number of nitrogens with one attached hydrogen (secondary N) is 1. The van der Waals surface area contributed by atoms with Gasteiger partial charge >= 0.3 is 0 Å². The van der Waals surface area contributed by atoms with Crippen molar-refractivity contribution in [2.75, 3.05) is 45.3 Å². The van der Waals surface area contributed by atoms with Gasteiger partial charge in [-0.15, -0.1) is 0 Å². The van der Waals surface area contributed by atoms with Crippen molar-refractivity contribution < 1.29 is 18.8 Å². The van der Waals surface area contributed by atoms with Crippen molar-refractivity contribution in [2.24, 2.45) is 11.8 Å². The van der Waals surface area contributed by atoms with Crippen LogP contribution in [-0.4, -0.2) is 66.6 Å². The third-order valence-corrected chi connectivity index (χ3v) is 10.2. The third-order valence-electron chi connectivity index (χ3n) is 8.85. The summed E-state index contributed by atoms with van der Waals surface area (Å²) < 4.78 is 22.8. The molecule has 4 atom stereocenters. The molecular weight excluding hydrogens is 582 g/mol. The van der Waals surface area contributed by atoms with Crippen LogP contribution in [0.3, 0.4) is 0 Å². The molecule has 5 rings (SSSR count). The van der Waals surface area contributed by atoms with Crippen LogP contribution in [0.5, 0.6) is 5.75 Å². The van der Waals surface area contributed by atoms with Crippen LogP contribution >= 0.6 is 11.6 Å². The van der Waals surface area contributed by atoms with Gasteiger partial charge in [-0.3, -0.25) is 14.4 Å². The highest BCUT2D eigenvalue weighted by atomic mass is 35.5. The SMILES string of the molecule is CCCc1cc(Cl)ccc1C1COc2ccc3cc2N(CCC(CC)C/C=C/CN(C)C(C2CC2)C(=O)NS3=O)C1.CO. The highest BCUT2D eigenvalue weighted by Gasteiger charge is 2.39. The molecule has 2 aromatic carbocycles. The molecule has 2 aromatic rings. The van der Waals surface area contributed by atoms with E-state index in [-0.39, 0.29) is 17.9 Å². The maximum atomic E-state index is 13.5. The van der Waals surface area contributed by atoms with Gasteiger partial charge in [-0.25, -0.2) is 4.21 Å². The van der Waals surface area contributed by atoms with E-state index >= 15 is 0 Å². The number of amides is 1. The molecule has 9 heteroatoms. The lowest BCUT2D eigenvalue weighted by Crippen LogP contribution is -2.47. The highest BCUT2D eigenvalue weighted by Crippen LogP contribution is 2.39. The number of aliphatic hydroxyl groups excluding tert-OH is 1. The second kappa shape index (κ2) is 16.1. The minimum absolute atomic E-state index is 0.158. The first-order valence-electron chi connectivity index (χ1n) is 15.7. The van der Waals surface area contributed by atoms with Crippen LogP contribution in [0.4, 0.5) is 5.69 Å². The van der Waals surface area contributed by atoms with Gasteiger partial charge in [-0.2, -0.15) is 0 Å². The van der Waals surface area contributed by atoms with E-state index in [4.69, 9.17) is 21.4 Å². The first kappa shape index (κ1) is 33.5. The molecule has 2 N–H and O–H groups in total. The summed E-state index contributed by atoms with van der Waals surface area (Å²) in [5, 5.41) is 7.77. The van der Waals surface area contributed by atoms with E-state index < -0.39 is 11.0 Å². The number of carbonyl (C=O) groups excluding carboxylic acids is 1. The summed E-state index contributed by atoms with van der Waals surface area (Å²) in [5.74, 6) is 1.70. The van der Waals surface area contributed by atoms with Crippen molar-refractivity contribution in [2.45, 2.75) is 75.6 Å². The molecule has 1 fully saturated rings. The van der Waals surface area contributed by atoms with Gasteiger partial charge < -0.3 is 14.7 Å². The molecule has 0 aromatic heterocycles. The monoisotopic (exact) mass is 629 g/mol. The molecule has 236 valence electrons. The average molecular weight is 630 g/mol. The number of likely N-dealkylation sites (N-methyl/N-ethyl adjacent to an activating group) is 1. The van der Waals surface area contributed by atoms with Crippen LogP contribution in [0.25, 0.3) is 0 Å². The molecule has 1 aliphatic carbocycles. The molecule has 2 bridgehead atoms. The van der Waals surface area contributed by atoms with Crippen LogP contribution in [0.1, 0.15) is 69.4 Å². The Kier molecular flexibility index (Phi) is 12.5. The molecule has 2 heterocycles. The highest BCUT2D eigenvalue weighted by molar-refractivity contribution is 7.83. The molecular formula is C34H48ClN3O4S. The summed E-state index contributed by atoms with van der Waals surface area (Å²) in [6.45, 7) is 7.42. The maximum absolute atomic E-state index is 13.5. The molecule has 3 aliphatic rings. The predicted molar refractivity (Wildman–Crippen MR) is 176 cm³/mol. The molecule has 0 spiro atoms. The zero-order valence-corrected chi connectivity index (χ0v) is 27.6. The lowest BCUT2D eigenvalue weighted by atomic mass is 9.91. The topological polar surface area (TPSA) is 82.1 Å². The standard InChI is InChI=1S/C33H44ClN3O3S.CH4O/c1-4-8-25-19-27(34)12-14-29(25)26-21-37-18-16-23(5-2)9-6-7-17-36(3)32(24-10-11-24)33(38)35-41(39)28-13-15-31(40-22-26)30(37)20-28;1-2/h6-7,12-15,19-20,23-24,26,32H,4-5,8-11,16-18,21-22H2,1-3H3,(H,35,38);2H,1H3/b7-6+;. The van der Waals surface area contributed by atoms with Crippen molar-refractivity contribution in [1.82, 2.24) is 9.62 Å². The molecule has 4 unspecified atom stereocenters. The fraction of sp³-hybridized carbons (Fsp3) is 0.559. The fourth-order valence-electron chi connectivity index (χ4n) is 6.31. The Morgan fingerprint density at radius 1 is 1.09 bits per heavy atom. The number of aryl methyl sites for hydroxylation is 1. The summed E-state index contributed by atoms with van der Waals surface area (Å²) in [5.41, 5.74) is 3.52. The Morgan fingerprint density at radius 3 is 2.60 bits per heavy atom. The summed E-state index contributed by atoms with van der Waals surface area (Å²) in [6.07, 6.45) is 11.8. The molecule has 1 saturated carbocycles. The van der Waals surface area contributed by atoms with Gasteiger partial charge in [0, 0.05) is 37.7 Å². The first-order valence-corrected chi connectivity index (χ1v) is 17.2. The largest absolute Gasteiger partial charge is 0.491 e. The number of fused-ring (bicyclic) bond motifs is 1. The van der Waals surface area contributed by atoms with Crippen LogP contribution < -0.4 is 14.4 Å². The Balaban J connectivity index is 0.00000207. The van der Waals surface area contributed by atoms with Crippen molar-refractivity contribution in [1.29, 1.82) is 0 Å². The van der Waals surface area contributed by atoms with Crippen LogP contribution in [0.2, 0.25) is 5.02 Å². The number of hydrogen-bond donors (Lipinski definition) is 2. The van der Waals surface area contributed by atoms with Crippen LogP contribution in [0, 0.1) is 11.8 Å². The number of aliphatic hydroxyl groups is 1. The number of halogens is 1. The molecule has 1 amide bonds. The number of ether oxygens (including phenoxy) is 1. The zero-order chi connectivity index (χ0) is 30.9. The van der Waals surface area contributed by atoms with E-state index in [9.17, 15) is 9.00 Å². The van der Waals surface area contributed by atoms with Gasteiger partial charge in [-0.05, 0) is 92.4 Å². The van der Waals surface area contributed by atoms with Gasteiger partial charge in [0.2, 0.25) is 5.91 Å². The second-order valence-electron chi connectivity index (χ2n) is 11.9. The molecule has 2 aliphatic heterocycles. The predicted octanol–water partition coefficient (Wildman–Crippen LogP) is 6.11. The van der Waals surface area contributed by atoms with Gasteiger partial charge in [0.25, 0.3) is 0 Å². The van der Waals surface area contributed by atoms with Crippen molar-refractivity contribution in [3.05, 3.63) is 64.7 Å². The number of anilines is 1. The fourth-order valence-corrected chi connectivity index (χ4v) is 7.34. The van der Waals surface area contributed by atoms with Crippen molar-refractivity contribution in [3.8, 4) is 5.75 Å². The summed E-state index contributed by atoms with van der Waals surface area (Å²) in [7, 11) is 1.34. The number of benzene rings is 2. The number of hydrogen-bond acceptors (Lipinski definition) is 6. The van der Waals surface area contributed by atoms with Crippen LogP contribution in [-0.2, 0) is 22.2 Å². The quantitative estimate of drug-likeness (QED) is 0.389. The minimum Gasteiger partial charge on any atom is -0.491 e. The normalized spacial score (nSPS) is 25.9. The van der Waals surface area contributed by atoms with Gasteiger partial charge in [-0.1, -0.05) is 56.5 Å². The van der Waals surface area contributed by atoms with Crippen LogP contribution in [0.15, 0.2) is 53.4 Å².